The molecule has 0 aliphatic carbocycles. The summed E-state index contributed by atoms with van der Waals surface area (Å²) in [6, 6.07) is 14.8. The van der Waals surface area contributed by atoms with Crippen molar-refractivity contribution >= 4 is 23.2 Å². The smallest absolute Gasteiger partial charge is 0.221 e. The highest BCUT2D eigenvalue weighted by Gasteiger charge is 2.31. The standard InChI is InChI=1S/C22H27ClN2O4/c1-15-11-20(29-19-9-7-17(23)8-10-19)13-25(15)12-18(27)14-28-22-6-4-3-5-21(22)24-16(2)26/h3-10,15,18,20,27H,11-14H2,1-2H3,(H,24,26)/t15?,18-,20?/m0/s1. The quantitative estimate of drug-likeness (QED) is 0.685. The first-order valence-electron chi connectivity index (χ1n) is 9.74. The van der Waals surface area contributed by atoms with Crippen molar-refractivity contribution in [1.29, 1.82) is 0 Å². The number of hydrogen-bond donors (Lipinski definition) is 2. The zero-order valence-electron chi connectivity index (χ0n) is 16.7. The summed E-state index contributed by atoms with van der Waals surface area (Å²) in [5, 5.41) is 13.9. The number of aliphatic hydroxyl groups is 1. The van der Waals surface area contributed by atoms with Crippen LogP contribution in [0.2, 0.25) is 5.02 Å². The third-order valence-electron chi connectivity index (χ3n) is 4.86. The lowest BCUT2D eigenvalue weighted by Crippen LogP contribution is -2.38. The molecule has 7 heteroatoms. The molecule has 0 spiro atoms. The second-order valence-electron chi connectivity index (χ2n) is 7.37. The largest absolute Gasteiger partial charge is 0.489 e. The number of halogens is 1. The molecule has 0 aromatic heterocycles. The van der Waals surface area contributed by atoms with Gasteiger partial charge < -0.3 is 19.9 Å². The van der Waals surface area contributed by atoms with Crippen LogP contribution in [0.1, 0.15) is 20.3 Å². The monoisotopic (exact) mass is 418 g/mol. The first-order chi connectivity index (χ1) is 13.9. The molecule has 6 nitrogen and oxygen atoms in total. The Morgan fingerprint density at radius 2 is 2.00 bits per heavy atom. The molecule has 3 rings (SSSR count). The van der Waals surface area contributed by atoms with Crippen LogP contribution in [-0.4, -0.2) is 53.9 Å². The van der Waals surface area contributed by atoms with Crippen molar-refractivity contribution in [3.05, 3.63) is 53.6 Å². The number of para-hydroxylation sites is 2. The summed E-state index contributed by atoms with van der Waals surface area (Å²) in [5.74, 6) is 1.17. The number of hydrogen-bond acceptors (Lipinski definition) is 5. The van der Waals surface area contributed by atoms with E-state index in [4.69, 9.17) is 21.1 Å². The molecule has 1 saturated heterocycles. The van der Waals surface area contributed by atoms with E-state index in [0.717, 1.165) is 18.7 Å². The number of amides is 1. The van der Waals surface area contributed by atoms with Crippen LogP contribution in [0.25, 0.3) is 0 Å². The maximum atomic E-state index is 11.3. The fraction of sp³-hybridized carbons (Fsp3) is 0.409. The van der Waals surface area contributed by atoms with Gasteiger partial charge in [-0.15, -0.1) is 0 Å². The number of aliphatic hydroxyl groups excluding tert-OH is 1. The van der Waals surface area contributed by atoms with Crippen LogP contribution in [0, 0.1) is 0 Å². The fourth-order valence-corrected chi connectivity index (χ4v) is 3.61. The predicted octanol–water partition coefficient (Wildman–Crippen LogP) is 3.58. The van der Waals surface area contributed by atoms with Gasteiger partial charge in [0.25, 0.3) is 0 Å². The number of β-amino-alcohol motifs (C(OH)–C–C–N with tert-alkyl or cyclic N) is 1. The van der Waals surface area contributed by atoms with Gasteiger partial charge in [-0.3, -0.25) is 9.69 Å². The average molecular weight is 419 g/mol. The number of likely N-dealkylation sites (tertiary alicyclic amines) is 1. The third kappa shape index (κ3) is 6.35. The van der Waals surface area contributed by atoms with Gasteiger partial charge >= 0.3 is 0 Å². The van der Waals surface area contributed by atoms with E-state index in [9.17, 15) is 9.90 Å². The van der Waals surface area contributed by atoms with Gasteiger partial charge in [-0.1, -0.05) is 23.7 Å². The van der Waals surface area contributed by atoms with Gasteiger partial charge in [0.2, 0.25) is 5.91 Å². The third-order valence-corrected chi connectivity index (χ3v) is 5.11. The van der Waals surface area contributed by atoms with Crippen LogP contribution in [0.4, 0.5) is 5.69 Å². The summed E-state index contributed by atoms with van der Waals surface area (Å²) in [5.41, 5.74) is 0.596. The van der Waals surface area contributed by atoms with Crippen molar-refractivity contribution in [2.45, 2.75) is 38.5 Å². The average Bonchev–Trinajstić information content (AvgIpc) is 3.01. The Bertz CT molecular complexity index is 815. The van der Waals surface area contributed by atoms with Crippen molar-refractivity contribution in [1.82, 2.24) is 4.90 Å². The molecular weight excluding hydrogens is 392 g/mol. The maximum Gasteiger partial charge on any atom is 0.221 e. The van der Waals surface area contributed by atoms with E-state index < -0.39 is 6.10 Å². The second-order valence-corrected chi connectivity index (χ2v) is 7.81. The minimum atomic E-state index is -0.655. The molecule has 3 atom stereocenters. The van der Waals surface area contributed by atoms with Gasteiger partial charge in [0.1, 0.15) is 30.3 Å². The fourth-order valence-electron chi connectivity index (χ4n) is 3.49. The Morgan fingerprint density at radius 1 is 1.28 bits per heavy atom. The molecule has 2 N–H and O–H groups in total. The Labute approximate surface area is 176 Å². The predicted molar refractivity (Wildman–Crippen MR) is 114 cm³/mol. The first-order valence-corrected chi connectivity index (χ1v) is 10.1. The SMILES string of the molecule is CC(=O)Nc1ccccc1OC[C@@H](O)CN1CC(Oc2ccc(Cl)cc2)CC1C. The van der Waals surface area contributed by atoms with Crippen LogP contribution in [0.5, 0.6) is 11.5 Å². The van der Waals surface area contributed by atoms with E-state index in [1.165, 1.54) is 6.92 Å². The van der Waals surface area contributed by atoms with Crippen LogP contribution in [0.15, 0.2) is 48.5 Å². The normalized spacial score (nSPS) is 20.3. The molecule has 156 valence electrons. The van der Waals surface area contributed by atoms with E-state index >= 15 is 0 Å². The van der Waals surface area contributed by atoms with Gasteiger partial charge in [-0.2, -0.15) is 0 Å². The number of carbonyl (C=O) groups is 1. The Balaban J connectivity index is 1.48. The van der Waals surface area contributed by atoms with E-state index in [1.54, 1.807) is 12.1 Å². The van der Waals surface area contributed by atoms with Crippen molar-refractivity contribution in [3.8, 4) is 11.5 Å². The van der Waals surface area contributed by atoms with Gasteiger partial charge in [0, 0.05) is 37.5 Å². The summed E-state index contributed by atoms with van der Waals surface area (Å²) in [6.07, 6.45) is 0.304. The van der Waals surface area contributed by atoms with Crippen LogP contribution < -0.4 is 14.8 Å². The summed E-state index contributed by atoms with van der Waals surface area (Å²) < 4.78 is 11.8. The van der Waals surface area contributed by atoms with Crippen molar-refractivity contribution in [2.24, 2.45) is 0 Å². The first kappa shape index (κ1) is 21.4. The summed E-state index contributed by atoms with van der Waals surface area (Å²) >= 11 is 5.92. The summed E-state index contributed by atoms with van der Waals surface area (Å²) in [6.45, 7) is 4.95. The van der Waals surface area contributed by atoms with Crippen molar-refractivity contribution in [2.75, 3.05) is 25.0 Å². The minimum Gasteiger partial charge on any atom is -0.489 e. The lowest BCUT2D eigenvalue weighted by molar-refractivity contribution is -0.114. The minimum absolute atomic E-state index is 0.0692. The highest BCUT2D eigenvalue weighted by molar-refractivity contribution is 6.30. The molecule has 1 aliphatic rings. The second kappa shape index (κ2) is 9.96. The summed E-state index contributed by atoms with van der Waals surface area (Å²) in [4.78, 5) is 13.5. The number of anilines is 1. The summed E-state index contributed by atoms with van der Waals surface area (Å²) in [7, 11) is 0. The Kier molecular flexibility index (Phi) is 7.36. The highest BCUT2D eigenvalue weighted by Crippen LogP contribution is 2.26. The van der Waals surface area contributed by atoms with E-state index in [0.29, 0.717) is 29.0 Å². The lowest BCUT2D eigenvalue weighted by Gasteiger charge is -2.24. The molecule has 1 fully saturated rings. The van der Waals surface area contributed by atoms with E-state index in [1.807, 2.05) is 36.4 Å². The number of carbonyl (C=O) groups excluding carboxylic acids is 1. The Hall–Kier alpha value is -2.28. The molecule has 1 amide bonds. The van der Waals surface area contributed by atoms with Crippen molar-refractivity contribution in [3.63, 3.8) is 0 Å². The molecule has 0 bridgehead atoms. The molecule has 2 unspecified atom stereocenters. The van der Waals surface area contributed by atoms with Crippen LogP contribution in [0.3, 0.4) is 0 Å². The number of ether oxygens (including phenoxy) is 2. The zero-order valence-corrected chi connectivity index (χ0v) is 17.4. The van der Waals surface area contributed by atoms with E-state index in [-0.39, 0.29) is 18.6 Å². The molecule has 29 heavy (non-hydrogen) atoms. The van der Waals surface area contributed by atoms with Gasteiger partial charge in [-0.05, 0) is 43.3 Å². The van der Waals surface area contributed by atoms with Crippen molar-refractivity contribution < 1.29 is 19.4 Å². The van der Waals surface area contributed by atoms with Crippen LogP contribution in [-0.2, 0) is 4.79 Å². The van der Waals surface area contributed by atoms with Gasteiger partial charge in [0.05, 0.1) is 5.69 Å². The molecule has 1 aliphatic heterocycles. The molecular formula is C22H27ClN2O4. The zero-order chi connectivity index (χ0) is 20.8. The molecule has 2 aromatic carbocycles. The van der Waals surface area contributed by atoms with Crippen LogP contribution >= 0.6 is 11.6 Å². The number of rotatable bonds is 8. The number of nitrogens with zero attached hydrogens (tertiary/aromatic N) is 1. The molecule has 0 saturated carbocycles. The molecule has 2 aromatic rings. The lowest BCUT2D eigenvalue weighted by atomic mass is 10.2. The number of nitrogens with one attached hydrogen (secondary N) is 1. The topological polar surface area (TPSA) is 71.0 Å². The molecule has 1 heterocycles. The van der Waals surface area contributed by atoms with Gasteiger partial charge in [0.15, 0.2) is 0 Å². The molecule has 0 radical (unpaired) electrons. The Morgan fingerprint density at radius 3 is 2.72 bits per heavy atom. The highest BCUT2D eigenvalue weighted by atomic mass is 35.5. The number of benzene rings is 2. The van der Waals surface area contributed by atoms with Gasteiger partial charge in [-0.25, -0.2) is 0 Å². The maximum absolute atomic E-state index is 11.3. The van der Waals surface area contributed by atoms with E-state index in [2.05, 4.69) is 17.1 Å².